The van der Waals surface area contributed by atoms with Crippen LogP contribution in [0.2, 0.25) is 0 Å². The second-order valence-electron chi connectivity index (χ2n) is 1.11. The zero-order chi connectivity index (χ0) is 5.28. The van der Waals surface area contributed by atoms with Gasteiger partial charge in [-0.2, -0.15) is 0 Å². The highest BCUT2D eigenvalue weighted by atomic mass is 32.1. The summed E-state index contributed by atoms with van der Waals surface area (Å²) in [6, 6.07) is 0. The van der Waals surface area contributed by atoms with Crippen LogP contribution in [0.4, 0.5) is 0 Å². The van der Waals surface area contributed by atoms with Crippen LogP contribution in [0.3, 0.4) is 0 Å². The fraction of sp³-hybridized carbons (Fsp3) is 0.333. The maximum Gasteiger partial charge on any atom is 0.297 e. The minimum absolute atomic E-state index is 0.347. The summed E-state index contributed by atoms with van der Waals surface area (Å²) in [5, 5.41) is 3.28. The van der Waals surface area contributed by atoms with Crippen molar-refractivity contribution in [1.29, 1.82) is 0 Å². The summed E-state index contributed by atoms with van der Waals surface area (Å²) in [6.07, 6.45) is 2.46. The smallest absolute Gasteiger partial charge is 0.297 e. The normalized spacial score (nSPS) is 9.29. The molecule has 1 heterocycles. The standard InChI is InChI=1S/C3H3N2OS/c1-5-2-4-6-3(5)7/h1H3. The zero-order valence-electron chi connectivity index (χ0n) is 3.71. The van der Waals surface area contributed by atoms with E-state index in [1.165, 1.54) is 4.57 Å². The molecule has 0 bridgehead atoms. The van der Waals surface area contributed by atoms with E-state index in [1.54, 1.807) is 7.05 Å². The van der Waals surface area contributed by atoms with Gasteiger partial charge in [-0.3, -0.25) is 4.57 Å². The first-order valence-electron chi connectivity index (χ1n) is 1.71. The van der Waals surface area contributed by atoms with Crippen LogP contribution >= 0.6 is 12.2 Å². The predicted molar refractivity (Wildman–Crippen MR) is 25.1 cm³/mol. The molecular weight excluding hydrogens is 112 g/mol. The molecule has 0 fully saturated rings. The molecule has 4 heteroatoms. The lowest BCUT2D eigenvalue weighted by Gasteiger charge is -1.73. The van der Waals surface area contributed by atoms with Gasteiger partial charge in [-0.15, -0.1) is 0 Å². The number of rotatable bonds is 0. The molecule has 0 saturated carbocycles. The van der Waals surface area contributed by atoms with Crippen molar-refractivity contribution < 1.29 is 4.52 Å². The Kier molecular flexibility index (Phi) is 0.941. The third-order valence-electron chi connectivity index (χ3n) is 0.588. The van der Waals surface area contributed by atoms with Gasteiger partial charge in [-0.1, -0.05) is 5.16 Å². The van der Waals surface area contributed by atoms with E-state index >= 15 is 0 Å². The average molecular weight is 115 g/mol. The molecule has 0 aliphatic heterocycles. The van der Waals surface area contributed by atoms with Crippen molar-refractivity contribution in [2.24, 2.45) is 7.05 Å². The van der Waals surface area contributed by atoms with Crippen molar-refractivity contribution in [3.63, 3.8) is 0 Å². The largest absolute Gasteiger partial charge is 0.324 e. The summed E-state index contributed by atoms with van der Waals surface area (Å²) in [6.45, 7) is 0. The van der Waals surface area contributed by atoms with Crippen LogP contribution < -0.4 is 0 Å². The monoisotopic (exact) mass is 115 g/mol. The van der Waals surface area contributed by atoms with E-state index in [4.69, 9.17) is 0 Å². The Morgan fingerprint density at radius 1 is 2.00 bits per heavy atom. The van der Waals surface area contributed by atoms with Gasteiger partial charge >= 0.3 is 0 Å². The van der Waals surface area contributed by atoms with Gasteiger partial charge in [0.05, 0.1) is 0 Å². The minimum atomic E-state index is 0.347. The summed E-state index contributed by atoms with van der Waals surface area (Å²) in [5.74, 6) is 0. The van der Waals surface area contributed by atoms with Crippen LogP contribution in [0.15, 0.2) is 4.52 Å². The summed E-state index contributed by atoms with van der Waals surface area (Å²) in [5.41, 5.74) is 0. The molecule has 0 N–H and O–H groups in total. The molecule has 0 amide bonds. The van der Waals surface area contributed by atoms with Gasteiger partial charge in [0.2, 0.25) is 6.33 Å². The minimum Gasteiger partial charge on any atom is -0.324 e. The van der Waals surface area contributed by atoms with Gasteiger partial charge in [0.25, 0.3) is 4.84 Å². The predicted octanol–water partition coefficient (Wildman–Crippen LogP) is 0.543. The van der Waals surface area contributed by atoms with Gasteiger partial charge in [0.15, 0.2) is 0 Å². The Balaban J connectivity index is 3.39. The van der Waals surface area contributed by atoms with E-state index in [0.29, 0.717) is 4.84 Å². The Morgan fingerprint density at radius 2 is 2.71 bits per heavy atom. The van der Waals surface area contributed by atoms with Crippen LogP contribution in [-0.2, 0) is 7.05 Å². The van der Waals surface area contributed by atoms with Crippen molar-refractivity contribution in [3.05, 3.63) is 11.2 Å². The number of aryl methyl sites for hydroxylation is 1. The highest BCUT2D eigenvalue weighted by Crippen LogP contribution is 1.81. The maximum atomic E-state index is 4.59. The van der Waals surface area contributed by atoms with Gasteiger partial charge in [0.1, 0.15) is 0 Å². The SMILES string of the molecule is Cn1[c]noc1=S. The van der Waals surface area contributed by atoms with Crippen LogP contribution in [0, 0.1) is 11.2 Å². The van der Waals surface area contributed by atoms with E-state index < -0.39 is 0 Å². The first-order chi connectivity index (χ1) is 3.30. The molecular formula is C3H3N2OS. The molecule has 0 aliphatic carbocycles. The van der Waals surface area contributed by atoms with E-state index in [1.807, 2.05) is 0 Å². The molecule has 3 nitrogen and oxygen atoms in total. The van der Waals surface area contributed by atoms with Crippen molar-refractivity contribution in [2.45, 2.75) is 0 Å². The maximum absolute atomic E-state index is 4.59. The summed E-state index contributed by atoms with van der Waals surface area (Å²) >= 11 is 4.59. The second kappa shape index (κ2) is 1.46. The molecule has 1 aromatic rings. The molecule has 0 saturated heterocycles. The number of nitrogens with zero attached hydrogens (tertiary/aromatic N) is 2. The lowest BCUT2D eigenvalue weighted by Crippen LogP contribution is -1.80. The Morgan fingerprint density at radius 3 is 2.86 bits per heavy atom. The van der Waals surface area contributed by atoms with E-state index in [0.717, 1.165) is 0 Å². The Hall–Kier alpha value is -0.640. The lowest BCUT2D eigenvalue weighted by molar-refractivity contribution is 0.398. The lowest BCUT2D eigenvalue weighted by atomic mass is 11.1. The van der Waals surface area contributed by atoms with Crippen molar-refractivity contribution >= 4 is 12.2 Å². The number of hydrogen-bond donors (Lipinski definition) is 0. The van der Waals surface area contributed by atoms with Gasteiger partial charge in [-0.25, -0.2) is 0 Å². The summed E-state index contributed by atoms with van der Waals surface area (Å²) in [7, 11) is 1.72. The van der Waals surface area contributed by atoms with Crippen LogP contribution in [0.25, 0.3) is 0 Å². The molecule has 0 atom stereocenters. The van der Waals surface area contributed by atoms with Gasteiger partial charge in [0, 0.05) is 7.05 Å². The molecule has 1 radical (unpaired) electrons. The van der Waals surface area contributed by atoms with Crippen molar-refractivity contribution in [3.8, 4) is 0 Å². The summed E-state index contributed by atoms with van der Waals surface area (Å²) < 4.78 is 5.93. The highest BCUT2D eigenvalue weighted by Gasteiger charge is 1.83. The second-order valence-corrected chi connectivity index (χ2v) is 1.46. The fourth-order valence-electron chi connectivity index (χ4n) is 0.223. The summed E-state index contributed by atoms with van der Waals surface area (Å²) in [4.78, 5) is 0.347. The zero-order valence-corrected chi connectivity index (χ0v) is 4.53. The molecule has 7 heavy (non-hydrogen) atoms. The third kappa shape index (κ3) is 0.691. The van der Waals surface area contributed by atoms with Crippen LogP contribution in [0.1, 0.15) is 0 Å². The van der Waals surface area contributed by atoms with E-state index in [9.17, 15) is 0 Å². The fourth-order valence-corrected chi connectivity index (χ4v) is 0.301. The van der Waals surface area contributed by atoms with Crippen molar-refractivity contribution in [2.75, 3.05) is 0 Å². The molecule has 0 unspecified atom stereocenters. The number of aromatic nitrogens is 2. The van der Waals surface area contributed by atoms with E-state index in [2.05, 4.69) is 28.2 Å². The Labute approximate surface area is 45.6 Å². The van der Waals surface area contributed by atoms with Crippen LogP contribution in [0.5, 0.6) is 0 Å². The van der Waals surface area contributed by atoms with Crippen molar-refractivity contribution in [1.82, 2.24) is 9.72 Å². The molecule has 0 aliphatic rings. The molecule has 1 aromatic heterocycles. The Bertz CT molecular complexity index is 201. The molecule has 1 rings (SSSR count). The first-order valence-corrected chi connectivity index (χ1v) is 2.12. The first kappa shape index (κ1) is 4.52. The highest BCUT2D eigenvalue weighted by molar-refractivity contribution is 7.71. The quantitative estimate of drug-likeness (QED) is 0.462. The van der Waals surface area contributed by atoms with Gasteiger partial charge < -0.3 is 4.52 Å². The molecule has 0 aromatic carbocycles. The van der Waals surface area contributed by atoms with E-state index in [-0.39, 0.29) is 0 Å². The molecule has 0 spiro atoms. The van der Waals surface area contributed by atoms with Gasteiger partial charge in [-0.05, 0) is 12.2 Å². The topological polar surface area (TPSA) is 31.0 Å². The average Bonchev–Trinajstić information content (AvgIpc) is 1.91. The van der Waals surface area contributed by atoms with Crippen LogP contribution in [-0.4, -0.2) is 9.72 Å². The molecule has 37 valence electrons. The third-order valence-corrected chi connectivity index (χ3v) is 0.937. The number of hydrogen-bond acceptors (Lipinski definition) is 3.